The Balaban J connectivity index is 1.65. The van der Waals surface area contributed by atoms with E-state index in [2.05, 4.69) is 4.57 Å². The summed E-state index contributed by atoms with van der Waals surface area (Å²) < 4.78 is 46.7. The molecule has 2 aromatic rings. The molecule has 6 nitrogen and oxygen atoms in total. The first kappa shape index (κ1) is 21.2. The molecule has 0 aliphatic heterocycles. The Morgan fingerprint density at radius 1 is 1.27 bits per heavy atom. The molecule has 1 aromatic heterocycles. The van der Waals surface area contributed by atoms with E-state index in [0.29, 0.717) is 17.7 Å². The fraction of sp³-hybridized carbons (Fsp3) is 0.286. The number of nitrogens with zero attached hydrogens (tertiary/aromatic N) is 2. The fourth-order valence-electron chi connectivity index (χ4n) is 3.15. The Labute approximate surface area is 170 Å². The van der Waals surface area contributed by atoms with Gasteiger partial charge in [-0.2, -0.15) is 5.26 Å². The van der Waals surface area contributed by atoms with Crippen LogP contribution in [-0.4, -0.2) is 23.1 Å². The average Bonchev–Trinajstić information content (AvgIpc) is 3.50. The van der Waals surface area contributed by atoms with Crippen LogP contribution in [0, 0.1) is 42.6 Å². The number of amides is 1. The number of rotatable bonds is 6. The summed E-state index contributed by atoms with van der Waals surface area (Å²) in [6, 6.07) is 5.52. The van der Waals surface area contributed by atoms with E-state index < -0.39 is 41.6 Å². The van der Waals surface area contributed by atoms with Crippen molar-refractivity contribution in [3.63, 3.8) is 0 Å². The first-order chi connectivity index (χ1) is 14.2. The number of anilines is 1. The quantitative estimate of drug-likeness (QED) is 0.334. The molecule has 1 aliphatic rings. The Kier molecular flexibility index (Phi) is 5.96. The number of halogens is 3. The zero-order chi connectivity index (χ0) is 22.0. The number of nitrogens with one attached hydrogen (secondary N) is 1. The molecule has 0 radical (unpaired) electrons. The van der Waals surface area contributed by atoms with Gasteiger partial charge in [0, 0.05) is 17.4 Å². The van der Waals surface area contributed by atoms with E-state index in [1.165, 1.54) is 6.08 Å². The van der Waals surface area contributed by atoms with Crippen LogP contribution in [0.1, 0.15) is 35.8 Å². The second-order valence-electron chi connectivity index (χ2n) is 6.94. The topological polar surface area (TPSA) is 84.1 Å². The number of esters is 1. The second-order valence-corrected chi connectivity index (χ2v) is 6.94. The Morgan fingerprint density at radius 2 is 1.97 bits per heavy atom. The number of carbonyl (C=O) groups is 2. The lowest BCUT2D eigenvalue weighted by Crippen LogP contribution is -2.22. The van der Waals surface area contributed by atoms with E-state index >= 15 is 0 Å². The van der Waals surface area contributed by atoms with Crippen molar-refractivity contribution < 1.29 is 27.5 Å². The molecule has 0 saturated heterocycles. The van der Waals surface area contributed by atoms with Gasteiger partial charge in [-0.25, -0.2) is 18.0 Å². The Bertz CT molecular complexity index is 1100. The van der Waals surface area contributed by atoms with Gasteiger partial charge in [0.1, 0.15) is 11.6 Å². The third kappa shape index (κ3) is 4.38. The van der Waals surface area contributed by atoms with Crippen molar-refractivity contribution in [2.75, 3.05) is 11.9 Å². The zero-order valence-electron chi connectivity index (χ0n) is 16.3. The number of benzene rings is 1. The van der Waals surface area contributed by atoms with E-state index in [4.69, 9.17) is 4.74 Å². The van der Waals surface area contributed by atoms with Crippen molar-refractivity contribution in [3.8, 4) is 6.07 Å². The Hall–Kier alpha value is -3.54. The predicted octanol–water partition coefficient (Wildman–Crippen LogP) is 3.95. The molecular formula is C21H18F3N3O3. The van der Waals surface area contributed by atoms with Gasteiger partial charge < -0.3 is 14.6 Å². The summed E-state index contributed by atoms with van der Waals surface area (Å²) in [5.74, 6) is -6.71. The SMILES string of the molecule is Cc1cc(/C=C(\C#N)C(=O)OCC(=O)Nc2ccc(F)c(F)c2F)c(C)n1C1CC1. The summed E-state index contributed by atoms with van der Waals surface area (Å²) in [6.07, 6.45) is 3.55. The highest BCUT2D eigenvalue weighted by atomic mass is 19.2. The normalized spacial score (nSPS) is 13.7. The monoisotopic (exact) mass is 417 g/mol. The molecule has 1 amide bonds. The largest absolute Gasteiger partial charge is 0.451 e. The molecule has 3 rings (SSSR count). The van der Waals surface area contributed by atoms with Gasteiger partial charge in [-0.05, 0) is 56.5 Å². The van der Waals surface area contributed by atoms with Crippen molar-refractivity contribution in [1.82, 2.24) is 4.57 Å². The van der Waals surface area contributed by atoms with Crippen LogP contribution in [0.25, 0.3) is 6.08 Å². The van der Waals surface area contributed by atoms with Crippen molar-refractivity contribution in [2.24, 2.45) is 0 Å². The van der Waals surface area contributed by atoms with Gasteiger partial charge in [0.2, 0.25) is 0 Å². The third-order valence-electron chi connectivity index (χ3n) is 4.72. The standard InChI is InChI=1S/C21H18F3N3O3/c1-11-7-13(12(2)27(11)15-3-4-15)8-14(9-25)21(29)30-10-18(28)26-17-6-5-16(22)19(23)20(17)24/h5-8,15H,3-4,10H2,1-2H3,(H,26,28)/b14-8+. The van der Waals surface area contributed by atoms with Crippen LogP contribution in [0.5, 0.6) is 0 Å². The van der Waals surface area contributed by atoms with Crippen LogP contribution in [0.2, 0.25) is 0 Å². The molecular weight excluding hydrogens is 399 g/mol. The molecule has 0 atom stereocenters. The summed E-state index contributed by atoms with van der Waals surface area (Å²) >= 11 is 0. The van der Waals surface area contributed by atoms with Gasteiger partial charge in [0.15, 0.2) is 24.1 Å². The molecule has 1 aliphatic carbocycles. The number of nitriles is 1. The minimum atomic E-state index is -1.73. The minimum absolute atomic E-state index is 0.308. The summed E-state index contributed by atoms with van der Waals surface area (Å²) in [5.41, 5.74) is 1.72. The van der Waals surface area contributed by atoms with Crippen LogP contribution in [0.15, 0.2) is 23.8 Å². The van der Waals surface area contributed by atoms with Crippen LogP contribution < -0.4 is 5.32 Å². The van der Waals surface area contributed by atoms with Gasteiger partial charge in [-0.1, -0.05) is 0 Å². The lowest BCUT2D eigenvalue weighted by atomic mass is 10.1. The maximum atomic E-state index is 13.6. The molecule has 1 fully saturated rings. The summed E-state index contributed by atoms with van der Waals surface area (Å²) in [5, 5.41) is 11.3. The highest BCUT2D eigenvalue weighted by Crippen LogP contribution is 2.38. The van der Waals surface area contributed by atoms with Gasteiger partial charge in [0.05, 0.1) is 5.69 Å². The molecule has 0 bridgehead atoms. The molecule has 9 heteroatoms. The van der Waals surface area contributed by atoms with Crippen LogP contribution >= 0.6 is 0 Å². The predicted molar refractivity (Wildman–Crippen MR) is 102 cm³/mol. The number of hydrogen-bond acceptors (Lipinski definition) is 4. The van der Waals surface area contributed by atoms with E-state index in [9.17, 15) is 28.0 Å². The number of carbonyl (C=O) groups excluding carboxylic acids is 2. The van der Waals surface area contributed by atoms with Gasteiger partial charge in [-0.15, -0.1) is 0 Å². The number of aromatic nitrogens is 1. The first-order valence-corrected chi connectivity index (χ1v) is 9.13. The van der Waals surface area contributed by atoms with Crippen molar-refractivity contribution in [1.29, 1.82) is 5.26 Å². The highest BCUT2D eigenvalue weighted by Gasteiger charge is 2.27. The van der Waals surface area contributed by atoms with Crippen LogP contribution in [0.4, 0.5) is 18.9 Å². The summed E-state index contributed by atoms with van der Waals surface area (Å²) in [7, 11) is 0. The van der Waals surface area contributed by atoms with Crippen LogP contribution in [-0.2, 0) is 14.3 Å². The van der Waals surface area contributed by atoms with E-state index in [1.54, 1.807) is 6.07 Å². The highest BCUT2D eigenvalue weighted by molar-refractivity contribution is 6.00. The van der Waals surface area contributed by atoms with E-state index in [1.807, 2.05) is 25.2 Å². The Morgan fingerprint density at radius 3 is 2.60 bits per heavy atom. The second kappa shape index (κ2) is 8.45. The molecule has 30 heavy (non-hydrogen) atoms. The summed E-state index contributed by atoms with van der Waals surface area (Å²) in [6.45, 7) is 2.99. The molecule has 1 heterocycles. The van der Waals surface area contributed by atoms with Gasteiger partial charge in [0.25, 0.3) is 5.91 Å². The van der Waals surface area contributed by atoms with Gasteiger partial charge in [-0.3, -0.25) is 4.79 Å². The lowest BCUT2D eigenvalue weighted by Gasteiger charge is -2.08. The van der Waals surface area contributed by atoms with E-state index in [0.717, 1.165) is 30.3 Å². The maximum Gasteiger partial charge on any atom is 0.349 e. The molecule has 1 saturated carbocycles. The zero-order valence-corrected chi connectivity index (χ0v) is 16.3. The molecule has 1 aromatic carbocycles. The van der Waals surface area contributed by atoms with Gasteiger partial charge >= 0.3 is 5.97 Å². The smallest absolute Gasteiger partial charge is 0.349 e. The van der Waals surface area contributed by atoms with Crippen molar-refractivity contribution >= 4 is 23.6 Å². The molecule has 0 spiro atoms. The summed E-state index contributed by atoms with van der Waals surface area (Å²) in [4.78, 5) is 24.0. The molecule has 0 unspecified atom stereocenters. The number of ether oxygens (including phenoxy) is 1. The van der Waals surface area contributed by atoms with E-state index in [-0.39, 0.29) is 5.57 Å². The van der Waals surface area contributed by atoms with Crippen LogP contribution in [0.3, 0.4) is 0 Å². The van der Waals surface area contributed by atoms with Crippen molar-refractivity contribution in [3.05, 3.63) is 58.2 Å². The van der Waals surface area contributed by atoms with Crippen molar-refractivity contribution in [2.45, 2.75) is 32.7 Å². The average molecular weight is 417 g/mol. The minimum Gasteiger partial charge on any atom is -0.451 e. The molecule has 1 N–H and O–H groups in total. The molecule has 156 valence electrons. The fourth-order valence-corrected chi connectivity index (χ4v) is 3.15. The third-order valence-corrected chi connectivity index (χ3v) is 4.72. The number of aryl methyl sites for hydroxylation is 1. The number of hydrogen-bond donors (Lipinski definition) is 1. The lowest BCUT2D eigenvalue weighted by molar-refractivity contribution is -0.142. The first-order valence-electron chi connectivity index (χ1n) is 9.13. The maximum absolute atomic E-state index is 13.6.